The van der Waals surface area contributed by atoms with Gasteiger partial charge in [0.25, 0.3) is 0 Å². The summed E-state index contributed by atoms with van der Waals surface area (Å²) in [6.45, 7) is 13.6. The number of nitrogens with one attached hydrogen (secondary N) is 1. The van der Waals surface area contributed by atoms with E-state index in [1.165, 1.54) is 5.38 Å². The number of aromatic nitrogens is 1. The first kappa shape index (κ1) is 24.1. The third kappa shape index (κ3) is 8.73. The highest BCUT2D eigenvalue weighted by Crippen LogP contribution is 2.19. The van der Waals surface area contributed by atoms with E-state index in [1.54, 1.807) is 41.5 Å². The predicted molar refractivity (Wildman–Crippen MR) is 107 cm³/mol. The third-order valence-electron chi connectivity index (χ3n) is 2.61. The van der Waals surface area contributed by atoms with Crippen LogP contribution in [0, 0.1) is 0 Å². The number of anilines is 1. The zero-order chi connectivity index (χ0) is 22.4. The average Bonchev–Trinajstić information content (AvgIpc) is 2.98. The largest absolute Gasteiger partial charge is 0.464 e. The summed E-state index contributed by atoms with van der Waals surface area (Å²) in [5.41, 5.74) is -1.70. The Morgan fingerprint density at radius 3 is 2.17 bits per heavy atom. The molecule has 1 aromatic heterocycles. The molecule has 0 saturated carbocycles. The van der Waals surface area contributed by atoms with E-state index >= 15 is 0 Å². The van der Waals surface area contributed by atoms with Crippen LogP contribution in [0.15, 0.2) is 22.9 Å². The molecule has 1 aromatic rings. The number of esters is 2. The minimum Gasteiger partial charge on any atom is -0.464 e. The molecule has 0 atom stereocenters. The van der Waals surface area contributed by atoms with E-state index in [2.05, 4.69) is 26.8 Å². The van der Waals surface area contributed by atoms with E-state index in [0.717, 1.165) is 18.4 Å². The van der Waals surface area contributed by atoms with Crippen LogP contribution in [0.1, 0.15) is 47.2 Å². The van der Waals surface area contributed by atoms with E-state index in [-0.39, 0.29) is 16.5 Å². The first-order chi connectivity index (χ1) is 13.2. The van der Waals surface area contributed by atoms with Gasteiger partial charge in [0.05, 0.1) is 7.11 Å². The van der Waals surface area contributed by atoms with Gasteiger partial charge < -0.3 is 19.0 Å². The SMILES string of the molecule is C=C(O/N=C(\C(=O)OC)c1csc(NC(=O)OC(C)(C)C)n1)C(=O)OC(C)(C)C. The zero-order valence-corrected chi connectivity index (χ0v) is 18.3. The molecule has 10 nitrogen and oxygen atoms in total. The summed E-state index contributed by atoms with van der Waals surface area (Å²) in [6, 6.07) is 0. The first-order valence-electron chi connectivity index (χ1n) is 8.43. The topological polar surface area (TPSA) is 125 Å². The van der Waals surface area contributed by atoms with Crippen molar-refractivity contribution in [3.8, 4) is 0 Å². The van der Waals surface area contributed by atoms with Gasteiger partial charge in [0.2, 0.25) is 11.5 Å². The molecule has 160 valence electrons. The summed E-state index contributed by atoms with van der Waals surface area (Å²) < 4.78 is 14.9. The molecule has 0 aliphatic heterocycles. The van der Waals surface area contributed by atoms with Gasteiger partial charge in [-0.1, -0.05) is 5.16 Å². The van der Waals surface area contributed by atoms with Crippen LogP contribution in [0.2, 0.25) is 0 Å². The first-order valence-corrected chi connectivity index (χ1v) is 9.31. The van der Waals surface area contributed by atoms with Gasteiger partial charge in [0.1, 0.15) is 16.9 Å². The molecule has 1 amide bonds. The number of thiazole rings is 1. The second-order valence-electron chi connectivity index (χ2n) is 7.61. The number of hydrogen-bond acceptors (Lipinski definition) is 10. The number of hydrogen-bond donors (Lipinski definition) is 1. The van der Waals surface area contributed by atoms with Crippen molar-refractivity contribution in [2.75, 3.05) is 12.4 Å². The van der Waals surface area contributed by atoms with Crippen LogP contribution in [0.25, 0.3) is 0 Å². The minimum atomic E-state index is -0.865. The van der Waals surface area contributed by atoms with Gasteiger partial charge >= 0.3 is 18.0 Å². The molecule has 1 N–H and O–H groups in total. The van der Waals surface area contributed by atoms with Gasteiger partial charge in [-0.2, -0.15) is 0 Å². The number of nitrogens with zero attached hydrogens (tertiary/aromatic N) is 2. The second-order valence-corrected chi connectivity index (χ2v) is 8.47. The van der Waals surface area contributed by atoms with Gasteiger partial charge in [-0.25, -0.2) is 19.4 Å². The van der Waals surface area contributed by atoms with Crippen molar-refractivity contribution in [1.82, 2.24) is 4.98 Å². The van der Waals surface area contributed by atoms with Crippen LogP contribution in [-0.4, -0.2) is 47.0 Å². The molecule has 0 aliphatic rings. The van der Waals surface area contributed by atoms with Crippen LogP contribution < -0.4 is 5.32 Å². The van der Waals surface area contributed by atoms with Crippen LogP contribution in [0.4, 0.5) is 9.93 Å². The molecule has 0 unspecified atom stereocenters. The molecule has 1 heterocycles. The van der Waals surface area contributed by atoms with Crippen molar-refractivity contribution < 1.29 is 33.4 Å². The summed E-state index contributed by atoms with van der Waals surface area (Å²) in [5, 5.41) is 7.67. The Balaban J connectivity index is 2.94. The number of rotatable bonds is 6. The lowest BCUT2D eigenvalue weighted by Crippen LogP contribution is -2.27. The molecule has 0 aromatic carbocycles. The normalized spacial score (nSPS) is 12.0. The maximum atomic E-state index is 12.0. The van der Waals surface area contributed by atoms with Crippen LogP contribution >= 0.6 is 11.3 Å². The molecule has 0 fully saturated rings. The fourth-order valence-corrected chi connectivity index (χ4v) is 2.27. The maximum absolute atomic E-state index is 12.0. The number of methoxy groups -OCH3 is 1. The smallest absolute Gasteiger partial charge is 0.413 e. The number of carbonyl (C=O) groups excluding carboxylic acids is 3. The van der Waals surface area contributed by atoms with Crippen molar-refractivity contribution in [2.24, 2.45) is 5.16 Å². The van der Waals surface area contributed by atoms with Gasteiger partial charge in [-0.05, 0) is 48.1 Å². The van der Waals surface area contributed by atoms with Crippen LogP contribution in [0.5, 0.6) is 0 Å². The van der Waals surface area contributed by atoms with Gasteiger partial charge in [-0.15, -0.1) is 11.3 Å². The lowest BCUT2D eigenvalue weighted by atomic mass is 10.2. The highest BCUT2D eigenvalue weighted by atomic mass is 32.1. The Kier molecular flexibility index (Phi) is 7.89. The van der Waals surface area contributed by atoms with E-state index in [1.807, 2.05) is 0 Å². The summed E-state index contributed by atoms with van der Waals surface area (Å²) in [6.07, 6.45) is -0.704. The lowest BCUT2D eigenvalue weighted by Gasteiger charge is -2.19. The van der Waals surface area contributed by atoms with Crippen molar-refractivity contribution in [3.05, 3.63) is 23.4 Å². The summed E-state index contributed by atoms with van der Waals surface area (Å²) in [5.74, 6) is -2.13. The third-order valence-corrected chi connectivity index (χ3v) is 3.36. The van der Waals surface area contributed by atoms with Crippen molar-refractivity contribution in [1.29, 1.82) is 0 Å². The fraction of sp³-hybridized carbons (Fsp3) is 0.500. The summed E-state index contributed by atoms with van der Waals surface area (Å²) in [7, 11) is 1.15. The summed E-state index contributed by atoms with van der Waals surface area (Å²) in [4.78, 5) is 44.7. The monoisotopic (exact) mass is 427 g/mol. The van der Waals surface area contributed by atoms with Crippen molar-refractivity contribution in [3.63, 3.8) is 0 Å². The Morgan fingerprint density at radius 1 is 1.07 bits per heavy atom. The van der Waals surface area contributed by atoms with Crippen LogP contribution in [-0.2, 0) is 28.6 Å². The quantitative estimate of drug-likeness (QED) is 0.183. The minimum absolute atomic E-state index is 0.0601. The molecular weight excluding hydrogens is 402 g/mol. The predicted octanol–water partition coefficient (Wildman–Crippen LogP) is 3.24. The molecule has 0 spiro atoms. The molecule has 29 heavy (non-hydrogen) atoms. The maximum Gasteiger partial charge on any atom is 0.413 e. The number of oxime groups is 1. The Bertz CT molecular complexity index is 816. The number of carbonyl (C=O) groups is 3. The van der Waals surface area contributed by atoms with E-state index < -0.39 is 35.0 Å². The number of amides is 1. The van der Waals surface area contributed by atoms with Crippen LogP contribution in [0.3, 0.4) is 0 Å². The Hall–Kier alpha value is -2.95. The average molecular weight is 427 g/mol. The second kappa shape index (κ2) is 9.50. The van der Waals surface area contributed by atoms with E-state index in [0.29, 0.717) is 0 Å². The molecular formula is C18H25N3O7S. The van der Waals surface area contributed by atoms with E-state index in [4.69, 9.17) is 14.3 Å². The fourth-order valence-electron chi connectivity index (χ4n) is 1.59. The molecule has 1 rings (SSSR count). The van der Waals surface area contributed by atoms with E-state index in [9.17, 15) is 14.4 Å². The van der Waals surface area contributed by atoms with Crippen molar-refractivity contribution >= 4 is 40.2 Å². The highest BCUT2D eigenvalue weighted by molar-refractivity contribution is 7.14. The zero-order valence-electron chi connectivity index (χ0n) is 17.4. The standard InChI is InChI=1S/C18H25N3O7S/c1-10(13(22)26-17(2,3)4)28-21-12(14(23)25-8)11-9-29-15(19-11)20-16(24)27-18(5,6)7/h9H,1H2,2-8H3,(H,19,20,24)/b21-12-. The number of ether oxygens (including phenoxy) is 3. The lowest BCUT2D eigenvalue weighted by molar-refractivity contribution is -0.154. The summed E-state index contributed by atoms with van der Waals surface area (Å²) >= 11 is 1.03. The Morgan fingerprint density at radius 2 is 1.66 bits per heavy atom. The molecule has 0 radical (unpaired) electrons. The molecule has 11 heteroatoms. The molecule has 0 aliphatic carbocycles. The highest BCUT2D eigenvalue weighted by Gasteiger charge is 2.24. The van der Waals surface area contributed by atoms with Gasteiger partial charge in [0, 0.05) is 5.38 Å². The van der Waals surface area contributed by atoms with Crippen molar-refractivity contribution in [2.45, 2.75) is 52.7 Å². The Labute approximate surface area is 172 Å². The molecule has 0 saturated heterocycles. The van der Waals surface area contributed by atoms with Gasteiger partial charge in [0.15, 0.2) is 5.13 Å². The molecule has 0 bridgehead atoms. The van der Waals surface area contributed by atoms with Gasteiger partial charge in [-0.3, -0.25) is 5.32 Å².